The highest BCUT2D eigenvalue weighted by molar-refractivity contribution is 7.11. The fourth-order valence-corrected chi connectivity index (χ4v) is 4.08. The van der Waals surface area contributed by atoms with Gasteiger partial charge in [-0.25, -0.2) is 0 Å². The third-order valence-electron chi connectivity index (χ3n) is 4.17. The third-order valence-corrected chi connectivity index (χ3v) is 5.15. The second kappa shape index (κ2) is 6.35. The van der Waals surface area contributed by atoms with Gasteiger partial charge in [-0.05, 0) is 37.9 Å². The summed E-state index contributed by atoms with van der Waals surface area (Å²) in [7, 11) is 0. The highest BCUT2D eigenvalue weighted by atomic mass is 32.1. The van der Waals surface area contributed by atoms with E-state index in [2.05, 4.69) is 28.9 Å². The van der Waals surface area contributed by atoms with Crippen LogP contribution in [0, 0.1) is 12.8 Å². The lowest BCUT2D eigenvalue weighted by atomic mass is 10.1. The molecule has 2 aliphatic heterocycles. The van der Waals surface area contributed by atoms with Gasteiger partial charge in [0.2, 0.25) is 0 Å². The van der Waals surface area contributed by atoms with Crippen LogP contribution in [0.4, 0.5) is 0 Å². The van der Waals surface area contributed by atoms with Gasteiger partial charge in [-0.15, -0.1) is 11.3 Å². The van der Waals surface area contributed by atoms with Crippen LogP contribution >= 0.6 is 11.3 Å². The Hall–Kier alpha value is -0.420. The molecule has 0 unspecified atom stereocenters. The van der Waals surface area contributed by atoms with E-state index in [9.17, 15) is 0 Å². The first-order valence-corrected chi connectivity index (χ1v) is 8.19. The summed E-state index contributed by atoms with van der Waals surface area (Å²) in [6, 6.07) is 4.52. The molecule has 1 aromatic heterocycles. The summed E-state index contributed by atoms with van der Waals surface area (Å²) in [6.07, 6.45) is 1.36. The molecule has 3 rings (SSSR count). The first kappa shape index (κ1) is 13.6. The molecule has 2 saturated heterocycles. The smallest absolute Gasteiger partial charge is 0.0594 e. The van der Waals surface area contributed by atoms with Crippen molar-refractivity contribution in [2.45, 2.75) is 19.9 Å². The molecule has 0 spiro atoms. The predicted octanol–water partition coefficient (Wildman–Crippen LogP) is 2.21. The summed E-state index contributed by atoms with van der Waals surface area (Å²) in [5, 5.41) is 0. The van der Waals surface area contributed by atoms with Crippen molar-refractivity contribution in [1.82, 2.24) is 9.80 Å². The molecule has 0 N–H and O–H groups in total. The first-order chi connectivity index (χ1) is 9.29. The number of hydrogen-bond donors (Lipinski definition) is 0. The van der Waals surface area contributed by atoms with Crippen molar-refractivity contribution in [2.75, 3.05) is 45.9 Å². The highest BCUT2D eigenvalue weighted by Gasteiger charge is 2.25. The molecule has 0 radical (unpaired) electrons. The molecule has 2 aliphatic rings. The lowest BCUT2D eigenvalue weighted by Gasteiger charge is -2.29. The summed E-state index contributed by atoms with van der Waals surface area (Å²) >= 11 is 1.94. The van der Waals surface area contributed by atoms with Gasteiger partial charge >= 0.3 is 0 Å². The van der Waals surface area contributed by atoms with Crippen molar-refractivity contribution in [3.63, 3.8) is 0 Å². The molecule has 0 aromatic carbocycles. The molecule has 0 bridgehead atoms. The van der Waals surface area contributed by atoms with Crippen LogP contribution in [-0.2, 0) is 11.3 Å². The molecular weight excluding hydrogens is 256 g/mol. The second-order valence-electron chi connectivity index (χ2n) is 5.82. The van der Waals surface area contributed by atoms with Gasteiger partial charge in [0.1, 0.15) is 0 Å². The Labute approximate surface area is 120 Å². The van der Waals surface area contributed by atoms with Crippen molar-refractivity contribution in [3.05, 3.63) is 21.9 Å². The maximum atomic E-state index is 5.42. The lowest BCUT2D eigenvalue weighted by Crippen LogP contribution is -2.39. The van der Waals surface area contributed by atoms with Crippen LogP contribution in [0.2, 0.25) is 0 Å². The molecule has 106 valence electrons. The maximum absolute atomic E-state index is 5.42. The lowest BCUT2D eigenvalue weighted by molar-refractivity contribution is 0.0312. The van der Waals surface area contributed by atoms with Crippen LogP contribution in [0.1, 0.15) is 16.2 Å². The Balaban J connectivity index is 1.44. The van der Waals surface area contributed by atoms with Gasteiger partial charge in [-0.3, -0.25) is 9.80 Å². The fraction of sp³-hybridized carbons (Fsp3) is 0.733. The number of thiophene rings is 1. The number of likely N-dealkylation sites (tertiary alicyclic amines) is 1. The monoisotopic (exact) mass is 280 g/mol. The van der Waals surface area contributed by atoms with Gasteiger partial charge in [-0.2, -0.15) is 0 Å². The van der Waals surface area contributed by atoms with Crippen molar-refractivity contribution >= 4 is 11.3 Å². The average molecular weight is 280 g/mol. The number of ether oxygens (including phenoxy) is 1. The maximum Gasteiger partial charge on any atom is 0.0594 e. The van der Waals surface area contributed by atoms with Crippen LogP contribution in [0.25, 0.3) is 0 Å². The van der Waals surface area contributed by atoms with E-state index in [-0.39, 0.29) is 0 Å². The normalized spacial score (nSPS) is 26.1. The molecule has 1 aromatic rings. The summed E-state index contributed by atoms with van der Waals surface area (Å²) in [5.41, 5.74) is 0. The van der Waals surface area contributed by atoms with Gasteiger partial charge in [0.05, 0.1) is 13.2 Å². The van der Waals surface area contributed by atoms with Gasteiger partial charge in [0.15, 0.2) is 0 Å². The van der Waals surface area contributed by atoms with Crippen molar-refractivity contribution in [3.8, 4) is 0 Å². The largest absolute Gasteiger partial charge is 0.379 e. The van der Waals surface area contributed by atoms with Crippen LogP contribution in [0.5, 0.6) is 0 Å². The quantitative estimate of drug-likeness (QED) is 0.841. The van der Waals surface area contributed by atoms with Crippen molar-refractivity contribution < 1.29 is 4.74 Å². The van der Waals surface area contributed by atoms with Gasteiger partial charge in [0.25, 0.3) is 0 Å². The molecular formula is C15H24N2OS. The molecule has 4 heteroatoms. The van der Waals surface area contributed by atoms with Crippen LogP contribution in [-0.4, -0.2) is 55.7 Å². The fourth-order valence-electron chi connectivity index (χ4n) is 3.14. The Morgan fingerprint density at radius 2 is 2.05 bits per heavy atom. The molecule has 0 amide bonds. The minimum Gasteiger partial charge on any atom is -0.379 e. The molecule has 0 aliphatic carbocycles. The zero-order valence-corrected chi connectivity index (χ0v) is 12.6. The van der Waals surface area contributed by atoms with E-state index in [4.69, 9.17) is 4.74 Å². The van der Waals surface area contributed by atoms with Gasteiger partial charge in [-0.1, -0.05) is 0 Å². The van der Waals surface area contributed by atoms with Gasteiger partial charge < -0.3 is 4.74 Å². The Morgan fingerprint density at radius 3 is 2.79 bits per heavy atom. The Morgan fingerprint density at radius 1 is 1.21 bits per heavy atom. The predicted molar refractivity (Wildman–Crippen MR) is 79.7 cm³/mol. The third kappa shape index (κ3) is 3.78. The van der Waals surface area contributed by atoms with Crippen molar-refractivity contribution in [1.29, 1.82) is 0 Å². The molecule has 3 heterocycles. The Kier molecular flexibility index (Phi) is 4.53. The van der Waals surface area contributed by atoms with Crippen LogP contribution < -0.4 is 0 Å². The summed E-state index contributed by atoms with van der Waals surface area (Å²) in [4.78, 5) is 8.15. The number of hydrogen-bond acceptors (Lipinski definition) is 4. The SMILES string of the molecule is Cc1ccc(CN2CC[C@@H](CN3CCOCC3)C2)s1. The topological polar surface area (TPSA) is 15.7 Å². The Bertz CT molecular complexity index is 401. The molecule has 0 saturated carbocycles. The first-order valence-electron chi connectivity index (χ1n) is 7.37. The van der Waals surface area contributed by atoms with E-state index in [1.807, 2.05) is 11.3 Å². The van der Waals surface area contributed by atoms with Crippen molar-refractivity contribution in [2.24, 2.45) is 5.92 Å². The van der Waals surface area contributed by atoms with E-state index in [1.165, 1.54) is 35.8 Å². The van der Waals surface area contributed by atoms with Crippen LogP contribution in [0.15, 0.2) is 12.1 Å². The van der Waals surface area contributed by atoms with E-state index < -0.39 is 0 Å². The minimum absolute atomic E-state index is 0.860. The summed E-state index contributed by atoms with van der Waals surface area (Å²) < 4.78 is 5.42. The number of morpholine rings is 1. The summed E-state index contributed by atoms with van der Waals surface area (Å²) in [5.74, 6) is 0.860. The summed E-state index contributed by atoms with van der Waals surface area (Å²) in [6.45, 7) is 11.2. The van der Waals surface area contributed by atoms with E-state index in [0.29, 0.717) is 0 Å². The van der Waals surface area contributed by atoms with Gasteiger partial charge in [0, 0.05) is 42.5 Å². The van der Waals surface area contributed by atoms with E-state index in [1.54, 1.807) is 0 Å². The van der Waals surface area contributed by atoms with E-state index in [0.717, 1.165) is 38.8 Å². The number of nitrogens with zero attached hydrogens (tertiary/aromatic N) is 2. The zero-order chi connectivity index (χ0) is 13.1. The van der Waals surface area contributed by atoms with Crippen LogP contribution in [0.3, 0.4) is 0 Å². The second-order valence-corrected chi connectivity index (χ2v) is 7.19. The molecule has 1 atom stereocenters. The standard InChI is InChI=1S/C15H24N2OS/c1-13-2-3-15(19-13)12-17-5-4-14(11-17)10-16-6-8-18-9-7-16/h2-3,14H,4-12H2,1H3/t14-/m0/s1. The number of aryl methyl sites for hydroxylation is 1. The highest BCUT2D eigenvalue weighted by Crippen LogP contribution is 2.23. The molecule has 2 fully saturated rings. The molecule has 19 heavy (non-hydrogen) atoms. The van der Waals surface area contributed by atoms with E-state index >= 15 is 0 Å². The minimum atomic E-state index is 0.860. The number of rotatable bonds is 4. The zero-order valence-electron chi connectivity index (χ0n) is 11.8. The molecule has 3 nitrogen and oxygen atoms in total. The average Bonchev–Trinajstić information content (AvgIpc) is 3.01.